The van der Waals surface area contributed by atoms with Crippen LogP contribution < -0.4 is 10.1 Å². The van der Waals surface area contributed by atoms with Gasteiger partial charge in [0, 0.05) is 5.75 Å². The molecule has 0 aliphatic carbocycles. The van der Waals surface area contributed by atoms with Crippen molar-refractivity contribution in [2.75, 3.05) is 12.4 Å². The fourth-order valence-electron chi connectivity index (χ4n) is 4.69. The van der Waals surface area contributed by atoms with Gasteiger partial charge in [0.05, 0.1) is 4.87 Å². The second-order valence-corrected chi connectivity index (χ2v) is 11.4. The van der Waals surface area contributed by atoms with E-state index in [1.165, 1.54) is 16.7 Å². The van der Waals surface area contributed by atoms with Gasteiger partial charge in [0.25, 0.3) is 5.91 Å². The summed E-state index contributed by atoms with van der Waals surface area (Å²) in [6.45, 7) is 1.51. The predicted molar refractivity (Wildman–Crippen MR) is 146 cm³/mol. The highest BCUT2D eigenvalue weighted by Crippen LogP contribution is 2.46. The van der Waals surface area contributed by atoms with Crippen molar-refractivity contribution >= 4 is 41.1 Å². The minimum absolute atomic E-state index is 0.223. The fourth-order valence-corrected chi connectivity index (χ4v) is 6.49. The Labute approximate surface area is 230 Å². The Bertz CT molecular complexity index is 1250. The van der Waals surface area contributed by atoms with Crippen LogP contribution in [0.4, 0.5) is 0 Å². The Morgan fingerprint density at radius 3 is 2.13 bits per heavy atom. The van der Waals surface area contributed by atoms with Gasteiger partial charge < -0.3 is 19.7 Å². The summed E-state index contributed by atoms with van der Waals surface area (Å²) in [4.78, 5) is 39.8. The minimum atomic E-state index is -1.04. The SMILES string of the molecule is C[C@@]1(Cl)CS[C@H]2[C@H](NC(=O)COc3ccccc3)C(=O)N2[C@H]1C(=O)OC(c1ccccc1)c1ccccc1. The highest BCUT2D eigenvalue weighted by Gasteiger charge is 2.61. The van der Waals surface area contributed by atoms with Crippen LogP contribution in [0.25, 0.3) is 0 Å². The first-order valence-electron chi connectivity index (χ1n) is 12.3. The lowest BCUT2D eigenvalue weighted by Gasteiger charge is -2.56. The van der Waals surface area contributed by atoms with E-state index in [4.69, 9.17) is 21.1 Å². The van der Waals surface area contributed by atoms with Gasteiger partial charge in [-0.1, -0.05) is 78.9 Å². The van der Waals surface area contributed by atoms with Crippen LogP contribution in [0, 0.1) is 0 Å². The van der Waals surface area contributed by atoms with E-state index >= 15 is 0 Å². The third-order valence-electron chi connectivity index (χ3n) is 6.56. The van der Waals surface area contributed by atoms with Crippen LogP contribution in [0.3, 0.4) is 0 Å². The lowest BCUT2D eigenvalue weighted by molar-refractivity contribution is -0.169. The molecule has 2 saturated heterocycles. The summed E-state index contributed by atoms with van der Waals surface area (Å²) in [6, 6.07) is 26.1. The molecule has 0 bridgehead atoms. The van der Waals surface area contributed by atoms with E-state index in [9.17, 15) is 14.4 Å². The average Bonchev–Trinajstić information content (AvgIpc) is 2.94. The number of carbonyl (C=O) groups excluding carboxylic acids is 3. The average molecular weight is 551 g/mol. The van der Waals surface area contributed by atoms with Gasteiger partial charge in [-0.2, -0.15) is 0 Å². The molecule has 2 amide bonds. The van der Waals surface area contributed by atoms with Crippen LogP contribution >= 0.6 is 23.4 Å². The van der Waals surface area contributed by atoms with Gasteiger partial charge >= 0.3 is 5.97 Å². The molecule has 5 rings (SSSR count). The van der Waals surface area contributed by atoms with Crippen LogP contribution in [0.5, 0.6) is 5.75 Å². The predicted octanol–water partition coefficient (Wildman–Crippen LogP) is 4.16. The summed E-state index contributed by atoms with van der Waals surface area (Å²) < 4.78 is 11.6. The van der Waals surface area contributed by atoms with Gasteiger partial charge in [0.15, 0.2) is 18.8 Å². The topological polar surface area (TPSA) is 84.9 Å². The summed E-state index contributed by atoms with van der Waals surface area (Å²) >= 11 is 8.25. The molecule has 3 aromatic carbocycles. The normalized spacial score (nSPS) is 24.2. The third kappa shape index (κ3) is 5.37. The molecule has 196 valence electrons. The van der Waals surface area contributed by atoms with Gasteiger partial charge in [0.2, 0.25) is 5.91 Å². The zero-order valence-corrected chi connectivity index (χ0v) is 22.2. The molecule has 2 fully saturated rings. The number of fused-ring (bicyclic) bond motifs is 1. The third-order valence-corrected chi connectivity index (χ3v) is 8.66. The quantitative estimate of drug-likeness (QED) is 0.257. The van der Waals surface area contributed by atoms with Crippen LogP contribution in [-0.2, 0) is 19.1 Å². The first-order chi connectivity index (χ1) is 18.3. The summed E-state index contributed by atoms with van der Waals surface area (Å²) in [5, 5.41) is 2.31. The van der Waals surface area contributed by atoms with E-state index in [-0.39, 0.29) is 12.5 Å². The minimum Gasteiger partial charge on any atom is -0.484 e. The maximum Gasteiger partial charge on any atom is 0.331 e. The van der Waals surface area contributed by atoms with Crippen molar-refractivity contribution < 1.29 is 23.9 Å². The Morgan fingerprint density at radius 2 is 1.55 bits per heavy atom. The number of rotatable bonds is 8. The lowest BCUT2D eigenvalue weighted by atomic mass is 9.93. The van der Waals surface area contributed by atoms with Gasteiger partial charge in [-0.3, -0.25) is 9.59 Å². The number of halogens is 1. The van der Waals surface area contributed by atoms with Crippen LogP contribution in [-0.4, -0.2) is 57.4 Å². The summed E-state index contributed by atoms with van der Waals surface area (Å²) in [7, 11) is 0. The number of amides is 2. The number of hydrogen-bond donors (Lipinski definition) is 1. The van der Waals surface area contributed by atoms with Crippen molar-refractivity contribution in [3.8, 4) is 5.75 Å². The largest absolute Gasteiger partial charge is 0.484 e. The number of β-lactam (4-membered cyclic amide) rings is 1. The number of nitrogens with zero attached hydrogens (tertiary/aromatic N) is 1. The Hall–Kier alpha value is -3.49. The van der Waals surface area contributed by atoms with E-state index in [0.29, 0.717) is 11.5 Å². The highest BCUT2D eigenvalue weighted by atomic mass is 35.5. The van der Waals surface area contributed by atoms with Crippen molar-refractivity contribution in [2.45, 2.75) is 35.4 Å². The molecule has 3 aromatic rings. The van der Waals surface area contributed by atoms with E-state index in [1.807, 2.05) is 78.9 Å². The molecular formula is C29H27ClN2O5S. The van der Waals surface area contributed by atoms with Crippen LogP contribution in [0.15, 0.2) is 91.0 Å². The number of ether oxygens (including phenoxy) is 2. The summed E-state index contributed by atoms with van der Waals surface area (Å²) in [6.07, 6.45) is -0.660. The second-order valence-electron chi connectivity index (χ2n) is 9.41. The maximum atomic E-state index is 13.7. The molecule has 0 unspecified atom stereocenters. The van der Waals surface area contributed by atoms with Crippen LogP contribution in [0.2, 0.25) is 0 Å². The van der Waals surface area contributed by atoms with Crippen LogP contribution in [0.1, 0.15) is 24.2 Å². The molecule has 9 heteroatoms. The maximum absolute atomic E-state index is 13.7. The first-order valence-corrected chi connectivity index (χ1v) is 13.7. The molecule has 1 N–H and O–H groups in total. The van der Waals surface area contributed by atoms with E-state index in [1.54, 1.807) is 19.1 Å². The van der Waals surface area contributed by atoms with Gasteiger partial charge in [0.1, 0.15) is 17.2 Å². The lowest BCUT2D eigenvalue weighted by Crippen LogP contribution is -2.78. The van der Waals surface area contributed by atoms with Gasteiger partial charge in [-0.15, -0.1) is 23.4 Å². The fraction of sp³-hybridized carbons (Fsp3) is 0.276. The molecule has 0 spiro atoms. The Balaban J connectivity index is 1.30. The molecule has 0 aromatic heterocycles. The first kappa shape index (κ1) is 26.1. The van der Waals surface area contributed by atoms with Crippen molar-refractivity contribution in [3.05, 3.63) is 102 Å². The zero-order valence-electron chi connectivity index (χ0n) is 20.7. The number of para-hydroxylation sites is 1. The number of nitrogens with one attached hydrogen (secondary N) is 1. The van der Waals surface area contributed by atoms with Crippen molar-refractivity contribution in [2.24, 2.45) is 0 Å². The smallest absolute Gasteiger partial charge is 0.331 e. The number of carbonyl (C=O) groups is 3. The molecule has 38 heavy (non-hydrogen) atoms. The monoisotopic (exact) mass is 550 g/mol. The summed E-state index contributed by atoms with van der Waals surface area (Å²) in [5.74, 6) is -0.421. The number of esters is 1. The van der Waals surface area contributed by atoms with Crippen molar-refractivity contribution in [1.29, 1.82) is 0 Å². The Kier molecular flexibility index (Phi) is 7.63. The molecule has 7 nitrogen and oxygen atoms in total. The number of alkyl halides is 1. The van der Waals surface area contributed by atoms with Gasteiger partial charge in [-0.05, 0) is 30.2 Å². The Morgan fingerprint density at radius 1 is 1.00 bits per heavy atom. The van der Waals surface area contributed by atoms with Crippen molar-refractivity contribution in [1.82, 2.24) is 10.2 Å². The molecule has 2 aliphatic rings. The van der Waals surface area contributed by atoms with Crippen molar-refractivity contribution in [3.63, 3.8) is 0 Å². The highest BCUT2D eigenvalue weighted by molar-refractivity contribution is 8.00. The molecule has 0 radical (unpaired) electrons. The number of benzene rings is 3. The standard InChI is InChI=1S/C29H27ClN2O5S/c1-29(30)18-38-27-23(31-22(33)17-36-21-15-9-4-10-16-21)26(34)32(27)25(29)28(35)37-24(19-11-5-2-6-12-19)20-13-7-3-8-14-20/h2-16,23-25,27H,17-18H2,1H3,(H,31,33)/t23-,25+,27+,29-/m1/s1. The van der Waals surface area contributed by atoms with E-state index < -0.39 is 40.3 Å². The molecule has 4 atom stereocenters. The summed E-state index contributed by atoms with van der Waals surface area (Å²) in [5.41, 5.74) is 1.62. The number of hydrogen-bond acceptors (Lipinski definition) is 6. The van der Waals surface area contributed by atoms with Gasteiger partial charge in [-0.25, -0.2) is 4.79 Å². The second kappa shape index (κ2) is 11.1. The molecule has 0 saturated carbocycles. The molecule has 2 aliphatic heterocycles. The number of thioether (sulfide) groups is 1. The molecular weight excluding hydrogens is 524 g/mol. The molecule has 2 heterocycles. The van der Waals surface area contributed by atoms with E-state index in [2.05, 4.69) is 5.32 Å². The van der Waals surface area contributed by atoms with E-state index in [0.717, 1.165) is 11.1 Å². The zero-order chi connectivity index (χ0) is 26.7.